The summed E-state index contributed by atoms with van der Waals surface area (Å²) in [5, 5.41) is 6.48. The van der Waals surface area contributed by atoms with Gasteiger partial charge in [-0.25, -0.2) is 0 Å². The summed E-state index contributed by atoms with van der Waals surface area (Å²) in [6.07, 6.45) is 1.82. The maximum Gasteiger partial charge on any atom is 0.221 e. The van der Waals surface area contributed by atoms with Crippen LogP contribution in [0, 0.1) is 11.3 Å². The average Bonchev–Trinajstić information content (AvgIpc) is 1.95. The smallest absolute Gasteiger partial charge is 0.221 e. The first-order valence-corrected chi connectivity index (χ1v) is 5.02. The number of carbonyl (C=O) groups is 1. The molecule has 2 heterocycles. The van der Waals surface area contributed by atoms with Crippen molar-refractivity contribution in [3.63, 3.8) is 0 Å². The monoisotopic (exact) mass is 182 g/mol. The minimum Gasteiger partial charge on any atom is -0.338 e. The largest absolute Gasteiger partial charge is 0.338 e. The summed E-state index contributed by atoms with van der Waals surface area (Å²) >= 11 is 0. The zero-order valence-corrected chi connectivity index (χ0v) is 8.61. The van der Waals surface area contributed by atoms with Gasteiger partial charge in [-0.15, -0.1) is 0 Å². The average molecular weight is 182 g/mol. The predicted octanol–water partition coefficient (Wildman–Crippen LogP) is 0.858. The normalized spacial score (nSPS) is 42.7. The van der Waals surface area contributed by atoms with Crippen molar-refractivity contribution in [2.24, 2.45) is 11.3 Å². The number of rotatable bonds is 0. The van der Waals surface area contributed by atoms with Crippen LogP contribution in [0.4, 0.5) is 0 Å². The van der Waals surface area contributed by atoms with E-state index in [0.29, 0.717) is 12.3 Å². The first kappa shape index (κ1) is 9.00. The molecule has 0 aliphatic carbocycles. The first-order chi connectivity index (χ1) is 5.96. The Kier molecular flexibility index (Phi) is 1.71. The highest BCUT2D eigenvalue weighted by Gasteiger charge is 2.53. The van der Waals surface area contributed by atoms with Gasteiger partial charge >= 0.3 is 0 Å². The number of hydrogen-bond acceptors (Lipinski definition) is 2. The van der Waals surface area contributed by atoms with Gasteiger partial charge in [0.1, 0.15) is 0 Å². The summed E-state index contributed by atoms with van der Waals surface area (Å²) in [7, 11) is 0. The Morgan fingerprint density at radius 3 is 2.69 bits per heavy atom. The molecular weight excluding hydrogens is 164 g/mol. The van der Waals surface area contributed by atoms with Crippen molar-refractivity contribution in [1.29, 1.82) is 0 Å². The summed E-state index contributed by atoms with van der Waals surface area (Å²) < 4.78 is 0. The second kappa shape index (κ2) is 2.47. The fourth-order valence-electron chi connectivity index (χ4n) is 2.61. The van der Waals surface area contributed by atoms with Crippen molar-refractivity contribution in [2.75, 3.05) is 6.54 Å². The van der Waals surface area contributed by atoms with Gasteiger partial charge in [0, 0.05) is 11.8 Å². The third-order valence-electron chi connectivity index (χ3n) is 4.10. The minimum absolute atomic E-state index is 0.166. The fourth-order valence-corrected chi connectivity index (χ4v) is 2.61. The molecule has 2 aliphatic rings. The molecule has 0 unspecified atom stereocenters. The standard InChI is InChI=1S/C10H18N2O/c1-9(2)7-4-5-11-10(9,3)12-8(13)6-7/h7,11H,4-6H2,1-3H3,(H,12,13)/t7-,10+/m1/s1. The molecule has 2 aliphatic heterocycles. The van der Waals surface area contributed by atoms with Crippen molar-refractivity contribution in [2.45, 2.75) is 39.3 Å². The number of carbonyl (C=O) groups excluding carboxylic acids is 1. The van der Waals surface area contributed by atoms with Crippen LogP contribution in [0.3, 0.4) is 0 Å². The second-order valence-corrected chi connectivity index (χ2v) is 5.01. The highest BCUT2D eigenvalue weighted by molar-refractivity contribution is 5.78. The van der Waals surface area contributed by atoms with Crippen LogP contribution < -0.4 is 10.6 Å². The number of hydrogen-bond donors (Lipinski definition) is 2. The molecule has 2 fully saturated rings. The van der Waals surface area contributed by atoms with Crippen molar-refractivity contribution >= 4 is 5.91 Å². The molecule has 3 nitrogen and oxygen atoms in total. The van der Waals surface area contributed by atoms with Gasteiger partial charge in [0.2, 0.25) is 5.91 Å². The Hall–Kier alpha value is -0.570. The Morgan fingerprint density at radius 1 is 1.38 bits per heavy atom. The van der Waals surface area contributed by atoms with Crippen molar-refractivity contribution in [3.05, 3.63) is 0 Å². The lowest BCUT2D eigenvalue weighted by atomic mass is 9.62. The van der Waals surface area contributed by atoms with Gasteiger partial charge in [-0.3, -0.25) is 10.1 Å². The minimum atomic E-state index is -0.203. The van der Waals surface area contributed by atoms with E-state index in [0.717, 1.165) is 13.0 Å². The third-order valence-corrected chi connectivity index (χ3v) is 4.10. The van der Waals surface area contributed by atoms with Gasteiger partial charge in [0.15, 0.2) is 0 Å². The maximum atomic E-state index is 11.4. The molecule has 0 aromatic heterocycles. The van der Waals surface area contributed by atoms with Gasteiger partial charge in [0.25, 0.3) is 0 Å². The molecule has 1 amide bonds. The van der Waals surface area contributed by atoms with E-state index in [1.54, 1.807) is 0 Å². The summed E-state index contributed by atoms with van der Waals surface area (Å²) in [6.45, 7) is 7.59. The highest BCUT2D eigenvalue weighted by atomic mass is 16.2. The van der Waals surface area contributed by atoms with E-state index in [1.807, 2.05) is 0 Å². The number of nitrogens with one attached hydrogen (secondary N) is 2. The van der Waals surface area contributed by atoms with Crippen LogP contribution in [0.25, 0.3) is 0 Å². The lowest BCUT2D eigenvalue weighted by Crippen LogP contribution is -2.73. The second-order valence-electron chi connectivity index (χ2n) is 5.01. The van der Waals surface area contributed by atoms with Gasteiger partial charge in [-0.05, 0) is 25.8 Å². The van der Waals surface area contributed by atoms with Crippen LogP contribution in [-0.4, -0.2) is 18.1 Å². The number of piperidine rings is 2. The molecule has 0 saturated carbocycles. The van der Waals surface area contributed by atoms with Gasteiger partial charge in [0.05, 0.1) is 5.66 Å². The Bertz CT molecular complexity index is 249. The van der Waals surface area contributed by atoms with E-state index < -0.39 is 0 Å². The molecule has 2 rings (SSSR count). The van der Waals surface area contributed by atoms with Crippen LogP contribution in [0.1, 0.15) is 33.6 Å². The third kappa shape index (κ3) is 1.10. The van der Waals surface area contributed by atoms with Crippen molar-refractivity contribution in [1.82, 2.24) is 10.6 Å². The van der Waals surface area contributed by atoms with E-state index in [4.69, 9.17) is 0 Å². The summed E-state index contributed by atoms with van der Waals surface area (Å²) in [4.78, 5) is 11.4. The molecule has 0 spiro atoms. The highest BCUT2D eigenvalue weighted by Crippen LogP contribution is 2.45. The Balaban J connectivity index is 2.35. The molecule has 0 radical (unpaired) electrons. The van der Waals surface area contributed by atoms with Crippen LogP contribution >= 0.6 is 0 Å². The molecule has 2 saturated heterocycles. The van der Waals surface area contributed by atoms with E-state index in [2.05, 4.69) is 31.4 Å². The molecular formula is C10H18N2O. The SMILES string of the molecule is CC1(C)[C@@H]2CCN[C@@]1(C)NC(=O)C2. The number of amides is 1. The quantitative estimate of drug-likeness (QED) is 0.583. The van der Waals surface area contributed by atoms with E-state index in [1.165, 1.54) is 0 Å². The molecule has 13 heavy (non-hydrogen) atoms. The molecule has 0 aromatic rings. The Labute approximate surface area is 79.3 Å². The van der Waals surface area contributed by atoms with E-state index in [-0.39, 0.29) is 17.0 Å². The van der Waals surface area contributed by atoms with Crippen LogP contribution in [0.2, 0.25) is 0 Å². The predicted molar refractivity (Wildman–Crippen MR) is 51.1 cm³/mol. The molecule has 74 valence electrons. The van der Waals surface area contributed by atoms with E-state index in [9.17, 15) is 4.79 Å². The summed E-state index contributed by atoms with van der Waals surface area (Å²) in [5.74, 6) is 0.728. The van der Waals surface area contributed by atoms with Crippen molar-refractivity contribution in [3.8, 4) is 0 Å². The van der Waals surface area contributed by atoms with Crippen LogP contribution in [0.15, 0.2) is 0 Å². The molecule has 2 atom stereocenters. The molecule has 2 N–H and O–H groups in total. The van der Waals surface area contributed by atoms with E-state index >= 15 is 0 Å². The zero-order valence-electron chi connectivity index (χ0n) is 8.61. The van der Waals surface area contributed by atoms with Crippen LogP contribution in [-0.2, 0) is 4.79 Å². The topological polar surface area (TPSA) is 41.1 Å². The van der Waals surface area contributed by atoms with Crippen molar-refractivity contribution < 1.29 is 4.79 Å². The molecule has 0 aromatic carbocycles. The molecule has 2 bridgehead atoms. The number of fused-ring (bicyclic) bond motifs is 2. The maximum absolute atomic E-state index is 11.4. The lowest BCUT2D eigenvalue weighted by molar-refractivity contribution is -0.138. The Morgan fingerprint density at radius 2 is 2.08 bits per heavy atom. The zero-order chi connectivity index (χ0) is 9.69. The van der Waals surface area contributed by atoms with Gasteiger partial charge < -0.3 is 5.32 Å². The van der Waals surface area contributed by atoms with Crippen LogP contribution in [0.5, 0.6) is 0 Å². The summed E-state index contributed by atoms with van der Waals surface area (Å²) in [5.41, 5.74) is -0.0373. The first-order valence-electron chi connectivity index (χ1n) is 5.02. The lowest BCUT2D eigenvalue weighted by Gasteiger charge is -2.56. The van der Waals surface area contributed by atoms with Gasteiger partial charge in [-0.2, -0.15) is 0 Å². The van der Waals surface area contributed by atoms with Gasteiger partial charge in [-0.1, -0.05) is 13.8 Å². The molecule has 3 heteroatoms. The summed E-state index contributed by atoms with van der Waals surface area (Å²) in [6, 6.07) is 0. The fraction of sp³-hybridized carbons (Fsp3) is 0.900.